The van der Waals surface area contributed by atoms with Crippen molar-refractivity contribution < 1.29 is 0 Å². The minimum atomic E-state index is -0.391. The number of rotatable bonds is 0. The van der Waals surface area contributed by atoms with Crippen LogP contribution in [-0.2, 0) is 0 Å². The first-order chi connectivity index (χ1) is 5.47. The second-order valence-electron chi connectivity index (χ2n) is 3.38. The van der Waals surface area contributed by atoms with E-state index < -0.39 is 5.54 Å². The standard InChI is InChI=1S/C10H13NS/c1-8-4-5-9(12-8)6-7-10(2,3)11/h4-5H,11H2,1-3H3. The Kier molecular flexibility index (Phi) is 2.56. The van der Waals surface area contributed by atoms with Gasteiger partial charge in [-0.25, -0.2) is 0 Å². The summed E-state index contributed by atoms with van der Waals surface area (Å²) in [5.41, 5.74) is 5.33. The molecule has 0 atom stereocenters. The third-order valence-corrected chi connectivity index (χ3v) is 2.16. The van der Waals surface area contributed by atoms with Crippen molar-refractivity contribution in [3.63, 3.8) is 0 Å². The molecule has 0 aliphatic heterocycles. The van der Waals surface area contributed by atoms with Gasteiger partial charge >= 0.3 is 0 Å². The second kappa shape index (κ2) is 3.30. The number of hydrogen-bond acceptors (Lipinski definition) is 2. The Morgan fingerprint density at radius 2 is 2.08 bits per heavy atom. The van der Waals surface area contributed by atoms with Gasteiger partial charge < -0.3 is 5.73 Å². The van der Waals surface area contributed by atoms with Crippen molar-refractivity contribution in [1.82, 2.24) is 0 Å². The molecule has 1 heterocycles. The molecule has 2 heteroatoms. The highest BCUT2D eigenvalue weighted by atomic mass is 32.1. The van der Waals surface area contributed by atoms with Gasteiger partial charge in [0.25, 0.3) is 0 Å². The monoisotopic (exact) mass is 179 g/mol. The van der Waals surface area contributed by atoms with Crippen LogP contribution in [-0.4, -0.2) is 5.54 Å². The Balaban J connectivity index is 2.80. The van der Waals surface area contributed by atoms with Crippen LogP contribution in [0.4, 0.5) is 0 Å². The normalized spacial score (nSPS) is 10.7. The Morgan fingerprint density at radius 3 is 2.50 bits per heavy atom. The molecular formula is C10H13NS. The Hall–Kier alpha value is -0.780. The van der Waals surface area contributed by atoms with Crippen LogP contribution in [0.2, 0.25) is 0 Å². The first-order valence-electron chi connectivity index (χ1n) is 3.86. The summed E-state index contributed by atoms with van der Waals surface area (Å²) >= 11 is 1.70. The maximum atomic E-state index is 5.72. The molecule has 0 aromatic carbocycles. The number of hydrogen-bond donors (Lipinski definition) is 1. The smallest absolute Gasteiger partial charge is 0.0771 e. The van der Waals surface area contributed by atoms with Crippen LogP contribution in [0, 0.1) is 18.8 Å². The largest absolute Gasteiger partial charge is 0.316 e. The van der Waals surface area contributed by atoms with Gasteiger partial charge in [-0.2, -0.15) is 0 Å². The molecule has 1 rings (SSSR count). The van der Waals surface area contributed by atoms with E-state index in [9.17, 15) is 0 Å². The predicted molar refractivity (Wildman–Crippen MR) is 54.2 cm³/mol. The highest BCUT2D eigenvalue weighted by molar-refractivity contribution is 7.12. The minimum absolute atomic E-state index is 0.391. The number of aryl methyl sites for hydroxylation is 1. The van der Waals surface area contributed by atoms with Crippen LogP contribution in [0.3, 0.4) is 0 Å². The lowest BCUT2D eigenvalue weighted by molar-refractivity contribution is 0.681. The highest BCUT2D eigenvalue weighted by Crippen LogP contribution is 2.13. The summed E-state index contributed by atoms with van der Waals surface area (Å²) in [5, 5.41) is 0. The molecule has 0 aliphatic carbocycles. The van der Waals surface area contributed by atoms with Crippen molar-refractivity contribution in [2.75, 3.05) is 0 Å². The quantitative estimate of drug-likeness (QED) is 0.607. The number of thiophene rings is 1. The van der Waals surface area contributed by atoms with E-state index in [2.05, 4.69) is 24.8 Å². The Bertz CT molecular complexity index is 320. The van der Waals surface area contributed by atoms with Gasteiger partial charge in [-0.1, -0.05) is 11.8 Å². The Morgan fingerprint density at radius 1 is 1.42 bits per heavy atom. The van der Waals surface area contributed by atoms with Crippen molar-refractivity contribution in [3.05, 3.63) is 21.9 Å². The molecule has 12 heavy (non-hydrogen) atoms. The molecular weight excluding hydrogens is 166 g/mol. The van der Waals surface area contributed by atoms with Gasteiger partial charge in [0.05, 0.1) is 10.4 Å². The van der Waals surface area contributed by atoms with E-state index >= 15 is 0 Å². The average molecular weight is 179 g/mol. The van der Waals surface area contributed by atoms with Gasteiger partial charge in [0.1, 0.15) is 0 Å². The zero-order chi connectivity index (χ0) is 9.19. The SMILES string of the molecule is Cc1ccc(C#CC(C)(C)N)s1. The number of nitrogens with two attached hydrogens (primary N) is 1. The van der Waals surface area contributed by atoms with E-state index in [1.54, 1.807) is 11.3 Å². The third kappa shape index (κ3) is 3.08. The second-order valence-corrected chi connectivity index (χ2v) is 4.67. The van der Waals surface area contributed by atoms with Crippen molar-refractivity contribution in [1.29, 1.82) is 0 Å². The van der Waals surface area contributed by atoms with Crippen LogP contribution in [0.5, 0.6) is 0 Å². The van der Waals surface area contributed by atoms with Crippen molar-refractivity contribution in [3.8, 4) is 11.8 Å². The van der Waals surface area contributed by atoms with Gasteiger partial charge in [0.15, 0.2) is 0 Å². The fraction of sp³-hybridized carbons (Fsp3) is 0.400. The summed E-state index contributed by atoms with van der Waals surface area (Å²) in [6.45, 7) is 5.88. The van der Waals surface area contributed by atoms with Crippen molar-refractivity contribution >= 4 is 11.3 Å². The van der Waals surface area contributed by atoms with E-state index in [1.807, 2.05) is 19.9 Å². The molecule has 64 valence electrons. The van der Waals surface area contributed by atoms with Gasteiger partial charge in [-0.3, -0.25) is 0 Å². The summed E-state index contributed by atoms with van der Waals surface area (Å²) in [4.78, 5) is 2.38. The molecule has 0 unspecified atom stereocenters. The molecule has 0 saturated heterocycles. The third-order valence-electron chi connectivity index (χ3n) is 1.25. The van der Waals surface area contributed by atoms with E-state index in [1.165, 1.54) is 4.88 Å². The lowest BCUT2D eigenvalue weighted by atomic mass is 10.1. The molecule has 0 bridgehead atoms. The molecule has 0 amide bonds. The molecule has 1 nitrogen and oxygen atoms in total. The van der Waals surface area contributed by atoms with Gasteiger partial charge in [-0.05, 0) is 32.9 Å². The molecule has 0 fully saturated rings. The lowest BCUT2D eigenvalue weighted by Crippen LogP contribution is -2.29. The fourth-order valence-corrected chi connectivity index (χ4v) is 1.45. The van der Waals surface area contributed by atoms with Crippen LogP contribution >= 0.6 is 11.3 Å². The molecule has 0 aliphatic rings. The molecule has 2 N–H and O–H groups in total. The molecule has 0 spiro atoms. The topological polar surface area (TPSA) is 26.0 Å². The molecule has 1 aromatic heterocycles. The zero-order valence-electron chi connectivity index (χ0n) is 7.64. The van der Waals surface area contributed by atoms with E-state index in [-0.39, 0.29) is 0 Å². The predicted octanol–water partition coefficient (Wildman–Crippen LogP) is 2.15. The van der Waals surface area contributed by atoms with Crippen LogP contribution in [0.1, 0.15) is 23.6 Å². The summed E-state index contributed by atoms with van der Waals surface area (Å²) in [6, 6.07) is 4.09. The minimum Gasteiger partial charge on any atom is -0.316 e. The molecule has 0 saturated carbocycles. The fourth-order valence-electron chi connectivity index (χ4n) is 0.724. The summed E-state index contributed by atoms with van der Waals surface area (Å²) in [7, 11) is 0. The van der Waals surface area contributed by atoms with Gasteiger partial charge in [0.2, 0.25) is 0 Å². The lowest BCUT2D eigenvalue weighted by Gasteiger charge is -2.06. The summed E-state index contributed by atoms with van der Waals surface area (Å²) in [5.74, 6) is 6.04. The van der Waals surface area contributed by atoms with Crippen LogP contribution < -0.4 is 5.73 Å². The van der Waals surface area contributed by atoms with Gasteiger partial charge in [0, 0.05) is 4.88 Å². The molecule has 0 radical (unpaired) electrons. The maximum Gasteiger partial charge on any atom is 0.0771 e. The summed E-state index contributed by atoms with van der Waals surface area (Å²) in [6.07, 6.45) is 0. The van der Waals surface area contributed by atoms with Crippen LogP contribution in [0.25, 0.3) is 0 Å². The maximum absolute atomic E-state index is 5.72. The van der Waals surface area contributed by atoms with E-state index in [4.69, 9.17) is 5.73 Å². The van der Waals surface area contributed by atoms with Gasteiger partial charge in [-0.15, -0.1) is 11.3 Å². The van der Waals surface area contributed by atoms with Crippen molar-refractivity contribution in [2.24, 2.45) is 5.73 Å². The van der Waals surface area contributed by atoms with Crippen molar-refractivity contribution in [2.45, 2.75) is 26.3 Å². The zero-order valence-corrected chi connectivity index (χ0v) is 8.46. The average Bonchev–Trinajstić information content (AvgIpc) is 2.30. The highest BCUT2D eigenvalue weighted by Gasteiger charge is 2.03. The van der Waals surface area contributed by atoms with Crippen LogP contribution in [0.15, 0.2) is 12.1 Å². The van der Waals surface area contributed by atoms with E-state index in [0.29, 0.717) is 0 Å². The van der Waals surface area contributed by atoms with E-state index in [0.717, 1.165) is 4.88 Å². The first-order valence-corrected chi connectivity index (χ1v) is 4.67. The summed E-state index contributed by atoms with van der Waals surface area (Å²) < 4.78 is 0. The Labute approximate surface area is 77.6 Å². The molecule has 1 aromatic rings. The first kappa shape index (κ1) is 9.31.